The minimum absolute atomic E-state index is 0.00427. The van der Waals surface area contributed by atoms with Crippen LogP contribution in [0.2, 0.25) is 0 Å². The lowest BCUT2D eigenvalue weighted by molar-refractivity contribution is -0.143. The van der Waals surface area contributed by atoms with Gasteiger partial charge in [0.2, 0.25) is 11.8 Å². The van der Waals surface area contributed by atoms with Crippen LogP contribution < -0.4 is 0 Å². The lowest BCUT2D eigenvalue weighted by atomic mass is 9.73. The first-order valence-electron chi connectivity index (χ1n) is 8.67. The van der Waals surface area contributed by atoms with Crippen LogP contribution in [0.1, 0.15) is 37.7 Å². The number of aliphatic hydroxyl groups is 1. The fourth-order valence-corrected chi connectivity index (χ4v) is 3.96. The first-order chi connectivity index (χ1) is 11.6. The van der Waals surface area contributed by atoms with Gasteiger partial charge in [-0.3, -0.25) is 14.6 Å². The van der Waals surface area contributed by atoms with Crippen LogP contribution in [-0.2, 0) is 16.1 Å². The van der Waals surface area contributed by atoms with Gasteiger partial charge in [-0.1, -0.05) is 0 Å². The second kappa shape index (κ2) is 7.30. The zero-order valence-corrected chi connectivity index (χ0v) is 14.0. The highest BCUT2D eigenvalue weighted by Crippen LogP contribution is 2.39. The summed E-state index contributed by atoms with van der Waals surface area (Å²) in [5.41, 5.74) is 1.09. The van der Waals surface area contributed by atoms with Crippen molar-refractivity contribution in [2.24, 2.45) is 5.41 Å². The van der Waals surface area contributed by atoms with Crippen molar-refractivity contribution in [2.75, 3.05) is 26.2 Å². The van der Waals surface area contributed by atoms with Crippen LogP contribution >= 0.6 is 0 Å². The highest BCUT2D eigenvalue weighted by Gasteiger charge is 2.42. The maximum Gasteiger partial charge on any atom is 0.224 e. The zero-order chi connectivity index (χ0) is 17.0. The Kier molecular flexibility index (Phi) is 5.14. The molecule has 0 aromatic carbocycles. The van der Waals surface area contributed by atoms with E-state index >= 15 is 0 Å². The maximum atomic E-state index is 12.3. The summed E-state index contributed by atoms with van der Waals surface area (Å²) < 4.78 is 0. The zero-order valence-electron chi connectivity index (χ0n) is 14.0. The number of carbonyl (C=O) groups excluding carboxylic acids is 2. The third-order valence-corrected chi connectivity index (χ3v) is 5.21. The molecule has 130 valence electrons. The smallest absolute Gasteiger partial charge is 0.224 e. The molecule has 2 fully saturated rings. The highest BCUT2D eigenvalue weighted by molar-refractivity contribution is 5.78. The Morgan fingerprint density at radius 3 is 2.79 bits per heavy atom. The van der Waals surface area contributed by atoms with Crippen LogP contribution in [0.15, 0.2) is 24.5 Å². The van der Waals surface area contributed by atoms with E-state index in [1.165, 1.54) is 0 Å². The van der Waals surface area contributed by atoms with Gasteiger partial charge >= 0.3 is 0 Å². The number of aliphatic hydroxyl groups excluding tert-OH is 1. The fourth-order valence-electron chi connectivity index (χ4n) is 3.96. The van der Waals surface area contributed by atoms with Gasteiger partial charge in [0.15, 0.2) is 0 Å². The summed E-state index contributed by atoms with van der Waals surface area (Å²) in [6.07, 6.45) is 7.10. The molecule has 24 heavy (non-hydrogen) atoms. The van der Waals surface area contributed by atoms with Crippen LogP contribution in [0.25, 0.3) is 0 Å². The van der Waals surface area contributed by atoms with Gasteiger partial charge < -0.3 is 14.9 Å². The second-order valence-electron chi connectivity index (χ2n) is 7.00. The van der Waals surface area contributed by atoms with Crippen molar-refractivity contribution in [1.82, 2.24) is 14.8 Å². The van der Waals surface area contributed by atoms with Gasteiger partial charge in [0.25, 0.3) is 0 Å². The van der Waals surface area contributed by atoms with Crippen molar-refractivity contribution in [2.45, 2.75) is 38.6 Å². The third-order valence-electron chi connectivity index (χ3n) is 5.21. The molecule has 2 saturated heterocycles. The molecule has 1 atom stereocenters. The SMILES string of the molecule is O=C(CCO)N1CCC[C@]2(CCC(=O)N(Cc3ccncc3)C2)C1. The summed E-state index contributed by atoms with van der Waals surface area (Å²) in [6.45, 7) is 2.67. The number of nitrogens with zero attached hydrogens (tertiary/aromatic N) is 3. The van der Waals surface area contributed by atoms with Gasteiger partial charge in [-0.15, -0.1) is 0 Å². The van der Waals surface area contributed by atoms with E-state index in [9.17, 15) is 9.59 Å². The molecule has 2 aliphatic heterocycles. The average molecular weight is 331 g/mol. The fraction of sp³-hybridized carbons (Fsp3) is 0.611. The van der Waals surface area contributed by atoms with Crippen molar-refractivity contribution in [3.63, 3.8) is 0 Å². The normalized spacial score (nSPS) is 24.5. The summed E-state index contributed by atoms with van der Waals surface area (Å²) in [5, 5.41) is 9.00. The number of aromatic nitrogens is 1. The number of pyridine rings is 1. The number of hydrogen-bond donors (Lipinski definition) is 1. The number of piperidine rings is 2. The molecule has 2 amide bonds. The molecule has 1 spiro atoms. The molecule has 0 unspecified atom stereocenters. The van der Waals surface area contributed by atoms with Crippen molar-refractivity contribution in [1.29, 1.82) is 0 Å². The van der Waals surface area contributed by atoms with E-state index in [0.29, 0.717) is 26.1 Å². The molecule has 2 aliphatic rings. The summed E-state index contributed by atoms with van der Waals surface area (Å²) >= 11 is 0. The quantitative estimate of drug-likeness (QED) is 0.899. The third kappa shape index (κ3) is 3.75. The monoisotopic (exact) mass is 331 g/mol. The Morgan fingerprint density at radius 2 is 2.04 bits per heavy atom. The molecule has 1 N–H and O–H groups in total. The Morgan fingerprint density at radius 1 is 1.25 bits per heavy atom. The minimum atomic E-state index is -0.102. The van der Waals surface area contributed by atoms with E-state index in [4.69, 9.17) is 5.11 Å². The van der Waals surface area contributed by atoms with E-state index in [-0.39, 0.29) is 30.3 Å². The topological polar surface area (TPSA) is 73.7 Å². The molecule has 0 aliphatic carbocycles. The number of amides is 2. The van der Waals surface area contributed by atoms with Gasteiger partial charge in [-0.25, -0.2) is 0 Å². The molecular weight excluding hydrogens is 306 g/mol. The molecule has 0 bridgehead atoms. The minimum Gasteiger partial charge on any atom is -0.396 e. The molecule has 0 saturated carbocycles. The predicted octanol–water partition coefficient (Wildman–Crippen LogP) is 1.20. The number of rotatable bonds is 4. The molecule has 6 nitrogen and oxygen atoms in total. The van der Waals surface area contributed by atoms with E-state index in [1.54, 1.807) is 12.4 Å². The summed E-state index contributed by atoms with van der Waals surface area (Å²) in [4.78, 5) is 32.3. The first-order valence-corrected chi connectivity index (χ1v) is 8.67. The lowest BCUT2D eigenvalue weighted by Crippen LogP contribution is -2.54. The average Bonchev–Trinajstić information content (AvgIpc) is 2.60. The van der Waals surface area contributed by atoms with E-state index in [1.807, 2.05) is 21.9 Å². The Balaban J connectivity index is 1.69. The van der Waals surface area contributed by atoms with Crippen molar-refractivity contribution < 1.29 is 14.7 Å². The number of hydrogen-bond acceptors (Lipinski definition) is 4. The first kappa shape index (κ1) is 16.9. The standard InChI is InChI=1S/C18H25N3O3/c22-11-5-17(24)20-10-1-6-18(13-20)7-2-16(23)21(14-18)12-15-3-8-19-9-4-15/h3-4,8-9,22H,1-2,5-7,10-14H2/t18-/m0/s1. The summed E-state index contributed by atoms with van der Waals surface area (Å²) in [5.74, 6) is 0.213. The number of likely N-dealkylation sites (tertiary alicyclic amines) is 2. The maximum absolute atomic E-state index is 12.3. The second-order valence-corrected chi connectivity index (χ2v) is 7.00. The molecule has 6 heteroatoms. The molecule has 3 rings (SSSR count). The van der Waals surface area contributed by atoms with E-state index < -0.39 is 0 Å². The van der Waals surface area contributed by atoms with Crippen molar-refractivity contribution in [3.05, 3.63) is 30.1 Å². The highest BCUT2D eigenvalue weighted by atomic mass is 16.3. The van der Waals surface area contributed by atoms with Crippen molar-refractivity contribution >= 4 is 11.8 Å². The van der Waals surface area contributed by atoms with Gasteiger partial charge in [0.05, 0.1) is 6.61 Å². The molecule has 3 heterocycles. The van der Waals surface area contributed by atoms with Crippen molar-refractivity contribution in [3.8, 4) is 0 Å². The summed E-state index contributed by atoms with van der Waals surface area (Å²) in [6, 6.07) is 3.87. The summed E-state index contributed by atoms with van der Waals surface area (Å²) in [7, 11) is 0. The van der Waals surface area contributed by atoms with E-state index in [2.05, 4.69) is 4.98 Å². The molecular formula is C18H25N3O3. The van der Waals surface area contributed by atoms with Crippen LogP contribution in [0.4, 0.5) is 0 Å². The number of carbonyl (C=O) groups is 2. The molecule has 0 radical (unpaired) electrons. The Hall–Kier alpha value is -1.95. The Bertz CT molecular complexity index is 592. The van der Waals surface area contributed by atoms with Crippen LogP contribution in [0, 0.1) is 5.41 Å². The van der Waals surface area contributed by atoms with Gasteiger partial charge in [-0.05, 0) is 37.0 Å². The Labute approximate surface area is 142 Å². The van der Waals surface area contributed by atoms with Crippen LogP contribution in [-0.4, -0.2) is 57.9 Å². The van der Waals surface area contributed by atoms with Crippen LogP contribution in [0.5, 0.6) is 0 Å². The van der Waals surface area contributed by atoms with Gasteiger partial charge in [0.1, 0.15) is 0 Å². The lowest BCUT2D eigenvalue weighted by Gasteiger charge is -2.48. The van der Waals surface area contributed by atoms with Gasteiger partial charge in [0, 0.05) is 56.8 Å². The van der Waals surface area contributed by atoms with Gasteiger partial charge in [-0.2, -0.15) is 0 Å². The predicted molar refractivity (Wildman–Crippen MR) is 88.8 cm³/mol. The largest absolute Gasteiger partial charge is 0.396 e. The molecule has 1 aromatic rings. The molecule has 1 aromatic heterocycles. The van der Waals surface area contributed by atoms with E-state index in [0.717, 1.165) is 31.4 Å². The van der Waals surface area contributed by atoms with Crippen LogP contribution in [0.3, 0.4) is 0 Å².